The third-order valence-corrected chi connectivity index (χ3v) is 2.98. The minimum atomic E-state index is -1.16. The monoisotopic (exact) mass is 234 g/mol. The lowest BCUT2D eigenvalue weighted by Gasteiger charge is -2.21. The molecular weight excluding hydrogens is 220 g/mol. The number of nitrogens with one attached hydrogen (secondary N) is 1. The number of amides is 2. The van der Waals surface area contributed by atoms with Crippen LogP contribution in [0.2, 0.25) is 0 Å². The smallest absolute Gasteiger partial charge is 0.405 e. The third kappa shape index (κ3) is 2.22. The number of benzene rings is 1. The highest BCUT2D eigenvalue weighted by atomic mass is 16.4. The van der Waals surface area contributed by atoms with Crippen LogP contribution in [0, 0.1) is 0 Å². The number of aryl methyl sites for hydroxylation is 1. The summed E-state index contributed by atoms with van der Waals surface area (Å²) in [7, 11) is 1.67. The average Bonchev–Trinajstić information content (AvgIpc) is 2.42. The quantitative estimate of drug-likeness (QED) is 0.767. The van der Waals surface area contributed by atoms with Crippen molar-refractivity contribution in [3.8, 4) is 0 Å². The summed E-state index contributed by atoms with van der Waals surface area (Å²) in [5.41, 5.74) is 1.92. The van der Waals surface area contributed by atoms with Gasteiger partial charge in [-0.05, 0) is 24.5 Å². The van der Waals surface area contributed by atoms with Crippen LogP contribution >= 0.6 is 0 Å². The van der Waals surface area contributed by atoms with Crippen LogP contribution < -0.4 is 10.2 Å². The second-order valence-electron chi connectivity index (χ2n) is 4.07. The number of carbonyl (C=O) groups excluding carboxylic acids is 1. The molecule has 5 heteroatoms. The number of hydrogen-bond acceptors (Lipinski definition) is 2. The van der Waals surface area contributed by atoms with E-state index in [9.17, 15) is 9.59 Å². The van der Waals surface area contributed by atoms with E-state index >= 15 is 0 Å². The normalized spacial score (nSPS) is 19.5. The van der Waals surface area contributed by atoms with Crippen molar-refractivity contribution < 1.29 is 14.7 Å². The van der Waals surface area contributed by atoms with Gasteiger partial charge >= 0.3 is 6.09 Å². The number of carboxylic acid groups (broad SMARTS) is 1. The zero-order chi connectivity index (χ0) is 12.4. The van der Waals surface area contributed by atoms with E-state index in [0.717, 1.165) is 11.3 Å². The predicted molar refractivity (Wildman–Crippen MR) is 63.1 cm³/mol. The van der Waals surface area contributed by atoms with Gasteiger partial charge in [0.2, 0.25) is 5.91 Å². The topological polar surface area (TPSA) is 69.6 Å². The van der Waals surface area contributed by atoms with Crippen LogP contribution in [-0.4, -0.2) is 30.2 Å². The van der Waals surface area contributed by atoms with Gasteiger partial charge in [0.25, 0.3) is 0 Å². The van der Waals surface area contributed by atoms with Crippen LogP contribution in [0.1, 0.15) is 12.0 Å². The molecule has 17 heavy (non-hydrogen) atoms. The molecule has 0 bridgehead atoms. The van der Waals surface area contributed by atoms with Gasteiger partial charge in [0.15, 0.2) is 0 Å². The first-order chi connectivity index (χ1) is 8.09. The first kappa shape index (κ1) is 11.4. The van der Waals surface area contributed by atoms with Gasteiger partial charge in [-0.15, -0.1) is 0 Å². The van der Waals surface area contributed by atoms with Gasteiger partial charge in [-0.3, -0.25) is 4.79 Å². The lowest BCUT2D eigenvalue weighted by molar-refractivity contribution is -0.120. The molecule has 1 aliphatic rings. The number of anilines is 1. The van der Waals surface area contributed by atoms with E-state index in [1.807, 2.05) is 24.3 Å². The molecule has 1 aromatic rings. The van der Waals surface area contributed by atoms with Crippen LogP contribution in [-0.2, 0) is 11.2 Å². The van der Waals surface area contributed by atoms with Crippen molar-refractivity contribution in [1.29, 1.82) is 0 Å². The molecule has 0 aromatic heterocycles. The number of likely N-dealkylation sites (N-methyl/N-ethyl adjacent to an activating group) is 1. The minimum absolute atomic E-state index is 0.211. The molecule has 0 saturated heterocycles. The van der Waals surface area contributed by atoms with E-state index in [1.54, 1.807) is 7.05 Å². The van der Waals surface area contributed by atoms with Crippen molar-refractivity contribution in [2.45, 2.75) is 18.9 Å². The molecule has 1 aliphatic heterocycles. The first-order valence-corrected chi connectivity index (χ1v) is 5.44. The van der Waals surface area contributed by atoms with E-state index in [-0.39, 0.29) is 5.91 Å². The van der Waals surface area contributed by atoms with E-state index in [0.29, 0.717) is 12.8 Å². The molecule has 2 rings (SSSR count). The molecule has 0 aliphatic carbocycles. The second-order valence-corrected chi connectivity index (χ2v) is 4.07. The van der Waals surface area contributed by atoms with Crippen LogP contribution in [0.5, 0.6) is 0 Å². The molecule has 5 nitrogen and oxygen atoms in total. The Bertz CT molecular complexity index is 459. The molecule has 0 saturated carbocycles. The Hall–Kier alpha value is -2.04. The Morgan fingerprint density at radius 3 is 2.88 bits per heavy atom. The molecule has 1 atom stereocenters. The van der Waals surface area contributed by atoms with E-state index in [1.165, 1.54) is 4.90 Å². The summed E-state index contributed by atoms with van der Waals surface area (Å²) in [6, 6.07) is 6.96. The van der Waals surface area contributed by atoms with E-state index < -0.39 is 12.1 Å². The van der Waals surface area contributed by atoms with Crippen LogP contribution in [0.3, 0.4) is 0 Å². The highest BCUT2D eigenvalue weighted by molar-refractivity contribution is 5.99. The first-order valence-electron chi connectivity index (χ1n) is 5.44. The Kier molecular flexibility index (Phi) is 2.99. The van der Waals surface area contributed by atoms with Crippen molar-refractivity contribution in [3.05, 3.63) is 29.8 Å². The zero-order valence-electron chi connectivity index (χ0n) is 9.51. The third-order valence-electron chi connectivity index (χ3n) is 2.98. The molecule has 2 N–H and O–H groups in total. The van der Waals surface area contributed by atoms with Crippen molar-refractivity contribution in [3.63, 3.8) is 0 Å². The molecule has 2 amide bonds. The number of hydrogen-bond donors (Lipinski definition) is 2. The highest BCUT2D eigenvalue weighted by Crippen LogP contribution is 2.25. The SMILES string of the molecule is CN1C(=O)[C@H](NC(=O)O)CCc2ccccc21. The summed E-state index contributed by atoms with van der Waals surface area (Å²) in [6.45, 7) is 0. The van der Waals surface area contributed by atoms with Gasteiger partial charge in [-0.25, -0.2) is 4.79 Å². The molecule has 0 spiro atoms. The van der Waals surface area contributed by atoms with Gasteiger partial charge in [0.05, 0.1) is 0 Å². The number of nitrogens with zero attached hydrogens (tertiary/aromatic N) is 1. The Balaban J connectivity index is 2.29. The molecule has 1 aromatic carbocycles. The van der Waals surface area contributed by atoms with Crippen molar-refractivity contribution in [1.82, 2.24) is 5.32 Å². The Labute approximate surface area is 99.0 Å². The Morgan fingerprint density at radius 2 is 2.18 bits per heavy atom. The van der Waals surface area contributed by atoms with Crippen LogP contribution in [0.15, 0.2) is 24.3 Å². The standard InChI is InChI=1S/C12H14N2O3/c1-14-10-5-3-2-4-8(10)6-7-9(11(14)15)13-12(16)17/h2-5,9,13H,6-7H2,1H3,(H,16,17)/t9-/m1/s1. The van der Waals surface area contributed by atoms with Gasteiger partial charge < -0.3 is 15.3 Å². The summed E-state index contributed by atoms with van der Waals surface area (Å²) in [6.07, 6.45) is 0.0201. The summed E-state index contributed by atoms with van der Waals surface area (Å²) in [5, 5.41) is 11.0. The molecule has 0 unspecified atom stereocenters. The van der Waals surface area contributed by atoms with Crippen molar-refractivity contribution in [2.75, 3.05) is 11.9 Å². The predicted octanol–water partition coefficient (Wildman–Crippen LogP) is 1.23. The Morgan fingerprint density at radius 1 is 1.47 bits per heavy atom. The summed E-state index contributed by atoms with van der Waals surface area (Å²) in [5.74, 6) is -0.211. The van der Waals surface area contributed by atoms with Gasteiger partial charge in [-0.2, -0.15) is 0 Å². The van der Waals surface area contributed by atoms with Gasteiger partial charge in [0, 0.05) is 12.7 Å². The fourth-order valence-electron chi connectivity index (χ4n) is 2.11. The average molecular weight is 234 g/mol. The zero-order valence-corrected chi connectivity index (χ0v) is 9.51. The lowest BCUT2D eigenvalue weighted by atomic mass is 10.1. The molecule has 1 heterocycles. The number of carbonyl (C=O) groups is 2. The lowest BCUT2D eigenvalue weighted by Crippen LogP contribution is -2.46. The minimum Gasteiger partial charge on any atom is -0.465 e. The number of fused-ring (bicyclic) bond motifs is 1. The fraction of sp³-hybridized carbons (Fsp3) is 0.333. The highest BCUT2D eigenvalue weighted by Gasteiger charge is 2.28. The van der Waals surface area contributed by atoms with Crippen molar-refractivity contribution in [2.24, 2.45) is 0 Å². The van der Waals surface area contributed by atoms with Crippen molar-refractivity contribution >= 4 is 17.7 Å². The van der Waals surface area contributed by atoms with E-state index in [2.05, 4.69) is 5.32 Å². The summed E-state index contributed by atoms with van der Waals surface area (Å²) in [4.78, 5) is 24.2. The largest absolute Gasteiger partial charge is 0.465 e. The van der Waals surface area contributed by atoms with E-state index in [4.69, 9.17) is 5.11 Å². The molecule has 0 radical (unpaired) electrons. The van der Waals surface area contributed by atoms with Crippen LogP contribution in [0.25, 0.3) is 0 Å². The molecular formula is C12H14N2O3. The van der Waals surface area contributed by atoms with Gasteiger partial charge in [-0.1, -0.05) is 18.2 Å². The molecule has 0 fully saturated rings. The molecule has 90 valence electrons. The number of para-hydroxylation sites is 1. The summed E-state index contributed by atoms with van der Waals surface area (Å²) >= 11 is 0. The maximum Gasteiger partial charge on any atom is 0.405 e. The summed E-state index contributed by atoms with van der Waals surface area (Å²) < 4.78 is 0. The van der Waals surface area contributed by atoms with Gasteiger partial charge in [0.1, 0.15) is 6.04 Å². The maximum atomic E-state index is 12.0. The number of rotatable bonds is 1. The second kappa shape index (κ2) is 4.45. The van der Waals surface area contributed by atoms with Crippen LogP contribution in [0.4, 0.5) is 10.5 Å². The maximum absolute atomic E-state index is 12.0. The fourth-order valence-corrected chi connectivity index (χ4v) is 2.11.